The van der Waals surface area contributed by atoms with Crippen LogP contribution in [0.4, 0.5) is 0 Å². The van der Waals surface area contributed by atoms with Gasteiger partial charge in [0.1, 0.15) is 5.60 Å². The molecule has 1 N–H and O–H groups in total. The standard InChI is InChI=1S/C28H36O2Si/c1-27(2,3)31-30-28(25-17-6-4-7-18-25,26-19-8-5-9-20-26)21-13-12-15-23-14-10-11-16-24(23)22-29/h4-11,14,16-20,29H,12-13,15,21-22,31H2,1-3H3. The van der Waals surface area contributed by atoms with Crippen LogP contribution in [0.25, 0.3) is 0 Å². The molecule has 0 aromatic heterocycles. The number of rotatable bonds is 10. The number of benzene rings is 3. The maximum Gasteiger partial charge on any atom is 0.168 e. The van der Waals surface area contributed by atoms with Gasteiger partial charge in [-0.05, 0) is 53.0 Å². The molecule has 0 heterocycles. The van der Waals surface area contributed by atoms with E-state index in [1.807, 2.05) is 12.1 Å². The zero-order chi connectivity index (χ0) is 22.2. The van der Waals surface area contributed by atoms with E-state index in [-0.39, 0.29) is 11.6 Å². The molecule has 0 fully saturated rings. The highest BCUT2D eigenvalue weighted by atomic mass is 28.2. The van der Waals surface area contributed by atoms with Crippen LogP contribution in [0.5, 0.6) is 0 Å². The van der Waals surface area contributed by atoms with Crippen molar-refractivity contribution < 1.29 is 9.53 Å². The monoisotopic (exact) mass is 432 g/mol. The second-order valence-corrected chi connectivity index (χ2v) is 12.2. The van der Waals surface area contributed by atoms with E-state index in [1.54, 1.807) is 0 Å². The zero-order valence-electron chi connectivity index (χ0n) is 19.2. The average Bonchev–Trinajstić information content (AvgIpc) is 2.79. The molecule has 3 aromatic rings. The Balaban J connectivity index is 1.85. The van der Waals surface area contributed by atoms with Crippen LogP contribution in [-0.4, -0.2) is 14.9 Å². The molecule has 3 aromatic carbocycles. The lowest BCUT2D eigenvalue weighted by Crippen LogP contribution is -2.35. The van der Waals surface area contributed by atoms with Crippen LogP contribution in [0.15, 0.2) is 84.9 Å². The number of hydrogen-bond acceptors (Lipinski definition) is 2. The van der Waals surface area contributed by atoms with Gasteiger partial charge in [0.25, 0.3) is 0 Å². The summed E-state index contributed by atoms with van der Waals surface area (Å²) < 4.78 is 6.96. The Kier molecular flexibility index (Phi) is 8.25. The van der Waals surface area contributed by atoms with Crippen molar-refractivity contribution in [2.45, 2.75) is 63.7 Å². The summed E-state index contributed by atoms with van der Waals surface area (Å²) in [5.74, 6) is 0. The van der Waals surface area contributed by atoms with E-state index in [0.717, 1.165) is 31.2 Å². The molecule has 0 atom stereocenters. The number of aryl methyl sites for hydroxylation is 1. The predicted octanol–water partition coefficient (Wildman–Crippen LogP) is 6.15. The van der Waals surface area contributed by atoms with Gasteiger partial charge in [-0.1, -0.05) is 106 Å². The molecule has 0 radical (unpaired) electrons. The van der Waals surface area contributed by atoms with Crippen molar-refractivity contribution in [3.05, 3.63) is 107 Å². The van der Waals surface area contributed by atoms with E-state index < -0.39 is 15.4 Å². The third kappa shape index (κ3) is 6.39. The van der Waals surface area contributed by atoms with Gasteiger partial charge in [-0.2, -0.15) is 0 Å². The highest BCUT2D eigenvalue weighted by Gasteiger charge is 2.35. The molecule has 0 aliphatic carbocycles. The quantitative estimate of drug-likeness (QED) is 0.307. The van der Waals surface area contributed by atoms with Crippen molar-refractivity contribution in [2.75, 3.05) is 0 Å². The lowest BCUT2D eigenvalue weighted by molar-refractivity contribution is 0.0974. The van der Waals surface area contributed by atoms with E-state index in [1.165, 1.54) is 16.7 Å². The van der Waals surface area contributed by atoms with E-state index in [2.05, 4.69) is 93.6 Å². The molecule has 0 bridgehead atoms. The molecule has 164 valence electrons. The fraction of sp³-hybridized carbons (Fsp3) is 0.357. The Morgan fingerprint density at radius 1 is 0.710 bits per heavy atom. The third-order valence-corrected chi connectivity index (χ3v) is 7.25. The molecule has 3 heteroatoms. The van der Waals surface area contributed by atoms with Gasteiger partial charge in [0.05, 0.1) is 6.61 Å². The summed E-state index contributed by atoms with van der Waals surface area (Å²) in [6.45, 7) is 6.96. The number of hydrogen-bond donors (Lipinski definition) is 1. The van der Waals surface area contributed by atoms with Crippen LogP contribution in [0.1, 0.15) is 62.3 Å². The summed E-state index contributed by atoms with van der Waals surface area (Å²) in [7, 11) is -0.770. The van der Waals surface area contributed by atoms with Crippen molar-refractivity contribution >= 4 is 9.76 Å². The zero-order valence-corrected chi connectivity index (χ0v) is 20.6. The molecule has 0 aliphatic heterocycles. The van der Waals surface area contributed by atoms with Crippen molar-refractivity contribution in [1.82, 2.24) is 0 Å². The summed E-state index contributed by atoms with van der Waals surface area (Å²) in [6, 6.07) is 29.7. The topological polar surface area (TPSA) is 29.5 Å². The molecular weight excluding hydrogens is 396 g/mol. The Labute approximate surface area is 190 Å². The second-order valence-electron chi connectivity index (χ2n) is 9.54. The van der Waals surface area contributed by atoms with Gasteiger partial charge >= 0.3 is 0 Å². The first-order valence-electron chi connectivity index (χ1n) is 11.4. The van der Waals surface area contributed by atoms with Gasteiger partial charge in [0.2, 0.25) is 0 Å². The molecule has 31 heavy (non-hydrogen) atoms. The summed E-state index contributed by atoms with van der Waals surface area (Å²) in [5.41, 5.74) is 4.37. The van der Waals surface area contributed by atoms with Crippen molar-refractivity contribution in [2.24, 2.45) is 0 Å². The maximum absolute atomic E-state index is 9.63. The van der Waals surface area contributed by atoms with Gasteiger partial charge in [0.15, 0.2) is 9.76 Å². The maximum atomic E-state index is 9.63. The molecule has 0 saturated heterocycles. The highest BCUT2D eigenvalue weighted by Crippen LogP contribution is 2.40. The van der Waals surface area contributed by atoms with Crippen molar-refractivity contribution in [3.63, 3.8) is 0 Å². The molecule has 0 saturated carbocycles. The minimum absolute atomic E-state index is 0.106. The second kappa shape index (κ2) is 10.9. The first kappa shape index (κ1) is 23.5. The summed E-state index contributed by atoms with van der Waals surface area (Å²) in [4.78, 5) is 0. The molecule has 0 aliphatic rings. The van der Waals surface area contributed by atoms with E-state index in [4.69, 9.17) is 4.43 Å². The predicted molar refractivity (Wildman–Crippen MR) is 133 cm³/mol. The number of aliphatic hydroxyl groups excluding tert-OH is 1. The minimum atomic E-state index is -0.770. The van der Waals surface area contributed by atoms with Gasteiger partial charge in [-0.3, -0.25) is 0 Å². The van der Waals surface area contributed by atoms with Crippen molar-refractivity contribution in [1.29, 1.82) is 0 Å². The van der Waals surface area contributed by atoms with E-state index in [9.17, 15) is 5.11 Å². The van der Waals surface area contributed by atoms with Crippen LogP contribution < -0.4 is 0 Å². The summed E-state index contributed by atoms with van der Waals surface area (Å²) in [5, 5.41) is 9.85. The molecule has 2 nitrogen and oxygen atoms in total. The van der Waals surface area contributed by atoms with Crippen LogP contribution in [0.2, 0.25) is 5.04 Å². The lowest BCUT2D eigenvalue weighted by atomic mass is 9.82. The van der Waals surface area contributed by atoms with Crippen LogP contribution in [-0.2, 0) is 23.1 Å². The summed E-state index contributed by atoms with van der Waals surface area (Å²) in [6.07, 6.45) is 4.06. The van der Waals surface area contributed by atoms with Gasteiger partial charge in [-0.15, -0.1) is 0 Å². The SMILES string of the molecule is CC(C)(C)[SiH2]OC(CCCCc1ccccc1CO)(c1ccccc1)c1ccccc1. The normalized spacial score (nSPS) is 12.5. The number of unbranched alkanes of at least 4 members (excludes halogenated alkanes) is 1. The van der Waals surface area contributed by atoms with E-state index in [0.29, 0.717) is 0 Å². The average molecular weight is 433 g/mol. The van der Waals surface area contributed by atoms with Gasteiger partial charge in [-0.25, -0.2) is 0 Å². The Morgan fingerprint density at radius 3 is 1.74 bits per heavy atom. The van der Waals surface area contributed by atoms with Gasteiger partial charge in [0, 0.05) is 0 Å². The Hall–Kier alpha value is -2.20. The highest BCUT2D eigenvalue weighted by molar-refractivity contribution is 6.32. The van der Waals surface area contributed by atoms with Gasteiger partial charge < -0.3 is 9.53 Å². The van der Waals surface area contributed by atoms with Crippen LogP contribution >= 0.6 is 0 Å². The fourth-order valence-corrected chi connectivity index (χ4v) is 5.25. The summed E-state index contributed by atoms with van der Waals surface area (Å²) >= 11 is 0. The van der Waals surface area contributed by atoms with Crippen LogP contribution in [0.3, 0.4) is 0 Å². The minimum Gasteiger partial charge on any atom is -0.410 e. The molecule has 0 amide bonds. The first-order chi connectivity index (χ1) is 14.9. The Bertz CT molecular complexity index is 877. The van der Waals surface area contributed by atoms with E-state index >= 15 is 0 Å². The molecule has 0 spiro atoms. The fourth-order valence-electron chi connectivity index (χ4n) is 4.09. The first-order valence-corrected chi connectivity index (χ1v) is 12.7. The Morgan fingerprint density at radius 2 is 1.23 bits per heavy atom. The smallest absolute Gasteiger partial charge is 0.168 e. The third-order valence-electron chi connectivity index (χ3n) is 5.75. The van der Waals surface area contributed by atoms with Crippen LogP contribution in [0, 0.1) is 0 Å². The largest absolute Gasteiger partial charge is 0.410 e. The molecule has 3 rings (SSSR count). The molecule has 0 unspecified atom stereocenters. The van der Waals surface area contributed by atoms with Crippen molar-refractivity contribution in [3.8, 4) is 0 Å². The number of aliphatic hydroxyl groups is 1. The molecular formula is C28H36O2Si. The lowest BCUT2D eigenvalue weighted by Gasteiger charge is -2.38.